The molecular formula is C25H24N2O9. The smallest absolute Gasteiger partial charge is 0.423 e. The average Bonchev–Trinajstić information content (AvgIpc) is 3.27. The zero-order valence-corrected chi connectivity index (χ0v) is 19.8. The molecule has 2 aliphatic heterocycles. The van der Waals surface area contributed by atoms with Gasteiger partial charge in [-0.1, -0.05) is 23.8 Å². The standard InChI is InChI=1S/C25H24N2O9/c1-10-8-11(4-7-16(10)28)17-12-5-6-13-18(22(31)26(20(13)29)24(33)35-2)14(12)9-15-19(17)23(32)27(21(15)30)25(34)36-3/h4-5,7-8,13-15,17-19,28H,6,9H2,1-3H3/t13-,14+,15+,17-,18-,19+/m0/s1. The Morgan fingerprint density at radius 1 is 0.861 bits per heavy atom. The van der Waals surface area contributed by atoms with E-state index < -0.39 is 71.3 Å². The maximum Gasteiger partial charge on any atom is 0.423 e. The van der Waals surface area contributed by atoms with Crippen LogP contribution in [0.1, 0.15) is 29.9 Å². The van der Waals surface area contributed by atoms with Crippen molar-refractivity contribution in [1.82, 2.24) is 9.80 Å². The molecule has 5 rings (SSSR count). The molecule has 188 valence electrons. The number of phenolic OH excluding ortho intramolecular Hbond substituents is 1. The quantitative estimate of drug-likeness (QED) is 0.454. The van der Waals surface area contributed by atoms with Crippen LogP contribution in [0, 0.1) is 36.5 Å². The van der Waals surface area contributed by atoms with E-state index in [2.05, 4.69) is 9.47 Å². The zero-order chi connectivity index (χ0) is 26.0. The van der Waals surface area contributed by atoms with Crippen molar-refractivity contribution in [3.05, 3.63) is 41.0 Å². The Morgan fingerprint density at radius 2 is 1.44 bits per heavy atom. The fraction of sp³-hybridized carbons (Fsp3) is 0.440. The molecule has 6 amide bonds. The largest absolute Gasteiger partial charge is 0.508 e. The fourth-order valence-corrected chi connectivity index (χ4v) is 6.38. The highest BCUT2D eigenvalue weighted by atomic mass is 16.5. The number of hydrogen-bond acceptors (Lipinski definition) is 9. The first kappa shape index (κ1) is 23.7. The second-order valence-corrected chi connectivity index (χ2v) is 9.53. The maximum absolute atomic E-state index is 13.4. The van der Waals surface area contributed by atoms with Crippen molar-refractivity contribution in [2.24, 2.45) is 29.6 Å². The van der Waals surface area contributed by atoms with Gasteiger partial charge in [-0.15, -0.1) is 0 Å². The monoisotopic (exact) mass is 496 g/mol. The van der Waals surface area contributed by atoms with Crippen LogP contribution in [0.3, 0.4) is 0 Å². The van der Waals surface area contributed by atoms with Crippen LogP contribution in [0.25, 0.3) is 0 Å². The number of phenols is 1. The zero-order valence-electron chi connectivity index (χ0n) is 19.8. The number of amides is 6. The number of nitrogens with zero attached hydrogens (tertiary/aromatic N) is 2. The Balaban J connectivity index is 1.64. The number of hydrogen-bond donors (Lipinski definition) is 1. The molecule has 1 N–H and O–H groups in total. The summed E-state index contributed by atoms with van der Waals surface area (Å²) in [4.78, 5) is 78.5. The number of carbonyl (C=O) groups is 6. The molecule has 0 radical (unpaired) electrons. The maximum atomic E-state index is 13.4. The van der Waals surface area contributed by atoms with Crippen molar-refractivity contribution >= 4 is 35.8 Å². The van der Waals surface area contributed by atoms with Gasteiger partial charge in [0.15, 0.2) is 0 Å². The van der Waals surface area contributed by atoms with E-state index in [1.54, 1.807) is 25.1 Å². The van der Waals surface area contributed by atoms with Gasteiger partial charge in [0.05, 0.1) is 37.9 Å². The van der Waals surface area contributed by atoms with E-state index >= 15 is 0 Å². The second kappa shape index (κ2) is 8.28. The molecule has 36 heavy (non-hydrogen) atoms. The highest BCUT2D eigenvalue weighted by Gasteiger charge is 2.63. The first-order valence-corrected chi connectivity index (χ1v) is 11.5. The second-order valence-electron chi connectivity index (χ2n) is 9.53. The molecule has 0 aromatic heterocycles. The number of allylic oxidation sites excluding steroid dienone is 2. The van der Waals surface area contributed by atoms with Gasteiger partial charge in [-0.05, 0) is 42.9 Å². The van der Waals surface area contributed by atoms with Crippen LogP contribution in [0.4, 0.5) is 9.59 Å². The summed E-state index contributed by atoms with van der Waals surface area (Å²) in [5.41, 5.74) is 1.87. The molecule has 2 saturated heterocycles. The number of carbonyl (C=O) groups excluding carboxylic acids is 6. The predicted molar refractivity (Wildman–Crippen MR) is 119 cm³/mol. The number of rotatable bonds is 1. The Labute approximate surface area is 205 Å². The van der Waals surface area contributed by atoms with Gasteiger partial charge >= 0.3 is 12.2 Å². The number of fused-ring (bicyclic) bond motifs is 4. The number of imide groups is 6. The Morgan fingerprint density at radius 3 is 2.03 bits per heavy atom. The van der Waals surface area contributed by atoms with Gasteiger partial charge in [-0.25, -0.2) is 9.59 Å². The van der Waals surface area contributed by atoms with Crippen molar-refractivity contribution in [1.29, 1.82) is 0 Å². The van der Waals surface area contributed by atoms with E-state index in [4.69, 9.17) is 0 Å². The summed E-state index contributed by atoms with van der Waals surface area (Å²) < 4.78 is 9.30. The number of ether oxygens (including phenoxy) is 2. The molecule has 2 heterocycles. The number of aryl methyl sites for hydroxylation is 1. The lowest BCUT2D eigenvalue weighted by Gasteiger charge is -2.44. The van der Waals surface area contributed by atoms with Gasteiger partial charge in [-0.2, -0.15) is 9.80 Å². The third kappa shape index (κ3) is 3.11. The summed E-state index contributed by atoms with van der Waals surface area (Å²) in [6, 6.07) is 4.83. The minimum absolute atomic E-state index is 0.0515. The molecule has 11 nitrogen and oxygen atoms in total. The summed E-state index contributed by atoms with van der Waals surface area (Å²) >= 11 is 0. The predicted octanol–water partition coefficient (Wildman–Crippen LogP) is 1.87. The third-order valence-electron chi connectivity index (χ3n) is 7.94. The molecule has 1 aromatic carbocycles. The SMILES string of the molecule is COC(=O)N1C(=O)[C@H]2[C@H](CC=C3[C@H]2C[C@H]2C(=O)N(C(=O)OC)C(=O)[C@H]2[C@H]3c2ccc(O)c(C)c2)C1=O. The molecule has 3 fully saturated rings. The summed E-state index contributed by atoms with van der Waals surface area (Å²) in [5.74, 6) is -7.60. The number of benzene rings is 1. The van der Waals surface area contributed by atoms with Crippen LogP contribution in [0.5, 0.6) is 5.75 Å². The van der Waals surface area contributed by atoms with Crippen LogP contribution in [0.15, 0.2) is 29.8 Å². The lowest BCUT2D eigenvalue weighted by Crippen LogP contribution is -2.43. The number of likely N-dealkylation sites (tertiary alicyclic amines) is 2. The molecule has 0 bridgehead atoms. The molecule has 11 heteroatoms. The molecule has 0 spiro atoms. The minimum Gasteiger partial charge on any atom is -0.508 e. The van der Waals surface area contributed by atoms with Gasteiger partial charge in [0.25, 0.3) is 0 Å². The first-order chi connectivity index (χ1) is 17.1. The highest BCUT2D eigenvalue weighted by Crippen LogP contribution is 2.58. The van der Waals surface area contributed by atoms with E-state index in [-0.39, 0.29) is 18.6 Å². The summed E-state index contributed by atoms with van der Waals surface area (Å²) in [7, 11) is 2.15. The molecule has 4 aliphatic rings. The molecule has 0 unspecified atom stereocenters. The minimum atomic E-state index is -1.08. The van der Waals surface area contributed by atoms with Gasteiger partial charge in [0.1, 0.15) is 5.75 Å². The molecular weight excluding hydrogens is 472 g/mol. The Kier molecular flexibility index (Phi) is 5.46. The topological polar surface area (TPSA) is 148 Å². The van der Waals surface area contributed by atoms with Gasteiger partial charge in [-0.3, -0.25) is 19.2 Å². The Bertz CT molecular complexity index is 1270. The van der Waals surface area contributed by atoms with Gasteiger partial charge < -0.3 is 14.6 Å². The number of methoxy groups -OCH3 is 2. The van der Waals surface area contributed by atoms with E-state index in [0.717, 1.165) is 14.2 Å². The highest BCUT2D eigenvalue weighted by molar-refractivity contribution is 6.17. The summed E-state index contributed by atoms with van der Waals surface area (Å²) in [5, 5.41) is 10.1. The van der Waals surface area contributed by atoms with Crippen molar-refractivity contribution < 1.29 is 43.3 Å². The molecule has 6 atom stereocenters. The van der Waals surface area contributed by atoms with Gasteiger partial charge in [0.2, 0.25) is 23.6 Å². The Hall–Kier alpha value is -4.02. The molecule has 1 aromatic rings. The first-order valence-electron chi connectivity index (χ1n) is 11.5. The van der Waals surface area contributed by atoms with E-state index in [1.165, 1.54) is 6.07 Å². The van der Waals surface area contributed by atoms with Crippen molar-refractivity contribution in [3.8, 4) is 5.75 Å². The normalized spacial score (nSPS) is 31.0. The lowest BCUT2D eigenvalue weighted by molar-refractivity contribution is -0.139. The van der Waals surface area contributed by atoms with E-state index in [1.807, 2.05) is 0 Å². The third-order valence-corrected chi connectivity index (χ3v) is 7.94. The van der Waals surface area contributed by atoms with Crippen molar-refractivity contribution in [2.45, 2.75) is 25.7 Å². The van der Waals surface area contributed by atoms with Gasteiger partial charge in [0, 0.05) is 5.92 Å². The van der Waals surface area contributed by atoms with Crippen molar-refractivity contribution in [2.75, 3.05) is 14.2 Å². The van der Waals surface area contributed by atoms with Crippen LogP contribution >= 0.6 is 0 Å². The average molecular weight is 496 g/mol. The summed E-state index contributed by atoms with van der Waals surface area (Å²) in [6.07, 6.45) is -0.123. The van der Waals surface area contributed by atoms with Crippen LogP contribution in [-0.2, 0) is 28.7 Å². The van der Waals surface area contributed by atoms with Crippen LogP contribution in [-0.4, -0.2) is 64.9 Å². The van der Waals surface area contributed by atoms with E-state index in [0.29, 0.717) is 26.5 Å². The van der Waals surface area contributed by atoms with Crippen LogP contribution < -0.4 is 0 Å². The molecule has 2 aliphatic carbocycles. The lowest BCUT2D eigenvalue weighted by atomic mass is 9.57. The number of aromatic hydroxyl groups is 1. The summed E-state index contributed by atoms with van der Waals surface area (Å²) in [6.45, 7) is 1.69. The fourth-order valence-electron chi connectivity index (χ4n) is 6.38. The van der Waals surface area contributed by atoms with E-state index in [9.17, 15) is 33.9 Å². The van der Waals surface area contributed by atoms with Crippen LogP contribution in [0.2, 0.25) is 0 Å². The molecule has 1 saturated carbocycles. The van der Waals surface area contributed by atoms with Crippen molar-refractivity contribution in [3.63, 3.8) is 0 Å².